The summed E-state index contributed by atoms with van der Waals surface area (Å²) in [6.45, 7) is 4.81. The number of likely N-dealkylation sites (N-methyl/N-ethyl adjacent to an activating group) is 1. The molecule has 1 fully saturated rings. The van der Waals surface area contributed by atoms with Gasteiger partial charge in [-0.1, -0.05) is 36.1 Å². The minimum atomic E-state index is -0.151. The number of nitrogens with zero attached hydrogens (tertiary/aromatic N) is 3. The van der Waals surface area contributed by atoms with Crippen molar-refractivity contribution in [2.75, 3.05) is 33.2 Å². The summed E-state index contributed by atoms with van der Waals surface area (Å²) in [6, 6.07) is 7.05. The predicted molar refractivity (Wildman–Crippen MR) is 102 cm³/mol. The van der Waals surface area contributed by atoms with Crippen molar-refractivity contribution in [2.24, 2.45) is 5.18 Å². The molecule has 1 aromatic rings. The van der Waals surface area contributed by atoms with E-state index in [1.54, 1.807) is 30.9 Å². The van der Waals surface area contributed by atoms with Gasteiger partial charge in [-0.25, -0.2) is 0 Å². The fraction of sp³-hybridized carbons (Fsp3) is 0.500. The quantitative estimate of drug-likeness (QED) is 0.637. The van der Waals surface area contributed by atoms with Gasteiger partial charge in [0.05, 0.1) is 6.04 Å². The molecule has 1 aliphatic heterocycles. The lowest BCUT2D eigenvalue weighted by molar-refractivity contribution is -0.134. The van der Waals surface area contributed by atoms with E-state index in [9.17, 15) is 9.70 Å². The van der Waals surface area contributed by atoms with Crippen LogP contribution in [0.1, 0.15) is 12.5 Å². The molecule has 0 aromatic heterocycles. The van der Waals surface area contributed by atoms with Gasteiger partial charge in [-0.05, 0) is 36.8 Å². The largest absolute Gasteiger partial charge is 0.354 e. The Hall–Kier alpha value is -1.51. The molecular weight excluding hydrogens is 344 g/mol. The smallest absolute Gasteiger partial charge is 0.239 e. The second-order valence-corrected chi connectivity index (χ2v) is 7.24. The van der Waals surface area contributed by atoms with Crippen LogP contribution in [0.5, 0.6) is 0 Å². The molecule has 1 unspecified atom stereocenters. The maximum atomic E-state index is 12.1. The first-order valence-electron chi connectivity index (χ1n) is 7.85. The fourth-order valence-electron chi connectivity index (χ4n) is 2.40. The van der Waals surface area contributed by atoms with Crippen LogP contribution >= 0.6 is 24.0 Å². The highest BCUT2D eigenvalue weighted by atomic mass is 32.2. The summed E-state index contributed by atoms with van der Waals surface area (Å²) < 4.78 is 0.848. The van der Waals surface area contributed by atoms with E-state index in [2.05, 4.69) is 15.4 Å². The Bertz CT molecular complexity index is 586. The van der Waals surface area contributed by atoms with Gasteiger partial charge in [-0.3, -0.25) is 4.79 Å². The third kappa shape index (κ3) is 4.99. The third-order valence-corrected chi connectivity index (χ3v) is 5.65. The summed E-state index contributed by atoms with van der Waals surface area (Å²) in [5.74, 6) is 0.896. The maximum Gasteiger partial charge on any atom is 0.239 e. The van der Waals surface area contributed by atoms with Gasteiger partial charge in [0.25, 0.3) is 0 Å². The predicted octanol–water partition coefficient (Wildman–Crippen LogP) is 2.35. The molecule has 0 aliphatic carbocycles. The van der Waals surface area contributed by atoms with Crippen LogP contribution in [0.15, 0.2) is 29.4 Å². The minimum absolute atomic E-state index is 0.139. The molecule has 2 rings (SSSR count). The van der Waals surface area contributed by atoms with Crippen LogP contribution in [-0.4, -0.2) is 59.3 Å². The summed E-state index contributed by atoms with van der Waals surface area (Å²) in [6.07, 6.45) is 0. The van der Waals surface area contributed by atoms with Gasteiger partial charge < -0.3 is 15.1 Å². The second-order valence-electron chi connectivity index (χ2n) is 5.64. The molecule has 0 radical (unpaired) electrons. The number of thiocarbonyl (C=S) groups is 1. The van der Waals surface area contributed by atoms with Crippen LogP contribution in [-0.2, 0) is 10.5 Å². The van der Waals surface area contributed by atoms with Crippen molar-refractivity contribution in [1.82, 2.24) is 15.1 Å². The molecule has 0 bridgehead atoms. The van der Waals surface area contributed by atoms with E-state index in [0.29, 0.717) is 18.8 Å². The number of amides is 1. The molecular formula is C16H22N4O2S2. The lowest BCUT2D eigenvalue weighted by Crippen LogP contribution is -2.53. The zero-order valence-electron chi connectivity index (χ0n) is 13.9. The zero-order valence-corrected chi connectivity index (χ0v) is 15.5. The Balaban J connectivity index is 1.78. The molecule has 6 nitrogen and oxygen atoms in total. The van der Waals surface area contributed by atoms with E-state index in [4.69, 9.17) is 12.2 Å². The molecule has 1 saturated heterocycles. The van der Waals surface area contributed by atoms with Crippen molar-refractivity contribution >= 4 is 39.9 Å². The van der Waals surface area contributed by atoms with E-state index < -0.39 is 0 Å². The molecule has 1 atom stereocenters. The Labute approximate surface area is 151 Å². The van der Waals surface area contributed by atoms with E-state index in [-0.39, 0.29) is 11.9 Å². The van der Waals surface area contributed by atoms with Crippen molar-refractivity contribution in [2.45, 2.75) is 18.7 Å². The number of carbonyl (C=O) groups excluding carboxylic acids is 1. The Morgan fingerprint density at radius 2 is 1.83 bits per heavy atom. The second kappa shape index (κ2) is 9.10. The molecule has 130 valence electrons. The number of thioether (sulfide) groups is 1. The number of nitrogens with one attached hydrogen (secondary N) is 1. The Morgan fingerprint density at radius 3 is 2.38 bits per heavy atom. The highest BCUT2D eigenvalue weighted by Crippen LogP contribution is 2.20. The van der Waals surface area contributed by atoms with Gasteiger partial charge >= 0.3 is 0 Å². The number of nitroso groups, excluding NO2 is 1. The Kier molecular flexibility index (Phi) is 7.14. The van der Waals surface area contributed by atoms with Crippen molar-refractivity contribution in [3.8, 4) is 0 Å². The van der Waals surface area contributed by atoms with Crippen LogP contribution in [0.25, 0.3) is 0 Å². The molecule has 1 amide bonds. The average molecular weight is 367 g/mol. The highest BCUT2D eigenvalue weighted by molar-refractivity contribution is 8.22. The van der Waals surface area contributed by atoms with Crippen LogP contribution in [0.2, 0.25) is 0 Å². The number of rotatable bonds is 5. The van der Waals surface area contributed by atoms with E-state index in [1.807, 2.05) is 24.0 Å². The lowest BCUT2D eigenvalue weighted by atomic mass is 10.2. The van der Waals surface area contributed by atoms with Gasteiger partial charge in [0.1, 0.15) is 10.0 Å². The number of hydrogen-bond donors (Lipinski definition) is 1. The first-order valence-corrected chi connectivity index (χ1v) is 9.24. The van der Waals surface area contributed by atoms with Crippen molar-refractivity contribution in [3.05, 3.63) is 34.7 Å². The Morgan fingerprint density at radius 1 is 1.25 bits per heavy atom. The molecule has 1 aliphatic rings. The van der Waals surface area contributed by atoms with Crippen LogP contribution in [0.4, 0.5) is 5.69 Å². The molecule has 8 heteroatoms. The number of benzene rings is 1. The van der Waals surface area contributed by atoms with Crippen molar-refractivity contribution in [3.63, 3.8) is 0 Å². The monoisotopic (exact) mass is 366 g/mol. The molecule has 24 heavy (non-hydrogen) atoms. The summed E-state index contributed by atoms with van der Waals surface area (Å²) in [5.41, 5.74) is 1.54. The van der Waals surface area contributed by atoms with Crippen LogP contribution in [0, 0.1) is 4.91 Å². The molecule has 1 aromatic carbocycles. The summed E-state index contributed by atoms with van der Waals surface area (Å²) in [7, 11) is 1.79. The van der Waals surface area contributed by atoms with E-state index >= 15 is 0 Å². The summed E-state index contributed by atoms with van der Waals surface area (Å²) >= 11 is 7.11. The van der Waals surface area contributed by atoms with Crippen molar-refractivity contribution < 1.29 is 4.79 Å². The molecule has 1 N–H and O–H groups in total. The lowest BCUT2D eigenvalue weighted by Gasteiger charge is -2.36. The first-order chi connectivity index (χ1) is 11.5. The van der Waals surface area contributed by atoms with Gasteiger partial charge in [-0.15, -0.1) is 4.91 Å². The summed E-state index contributed by atoms with van der Waals surface area (Å²) in [4.78, 5) is 26.6. The van der Waals surface area contributed by atoms with E-state index in [0.717, 1.165) is 28.7 Å². The first kappa shape index (κ1) is 18.8. The van der Waals surface area contributed by atoms with Crippen molar-refractivity contribution in [1.29, 1.82) is 0 Å². The standard InChI is InChI=1S/C16H22N4O2S2/c1-12(17-2)15(21)19-7-9-20(10-8-19)16(23)24-11-13-3-5-14(18-22)6-4-13/h3-6,12,17H,7-11H2,1-2H3. The molecule has 0 saturated carbocycles. The SMILES string of the molecule is CNC(C)C(=O)N1CCN(C(=S)SCc2ccc(N=O)cc2)CC1. The maximum absolute atomic E-state index is 12.1. The fourth-order valence-corrected chi connectivity index (χ4v) is 3.60. The van der Waals surface area contributed by atoms with E-state index in [1.165, 1.54) is 0 Å². The van der Waals surface area contributed by atoms with Crippen LogP contribution < -0.4 is 5.32 Å². The minimum Gasteiger partial charge on any atom is -0.354 e. The summed E-state index contributed by atoms with van der Waals surface area (Å²) in [5, 5.41) is 5.87. The molecule has 0 spiro atoms. The van der Waals surface area contributed by atoms with Gasteiger partial charge in [0, 0.05) is 31.9 Å². The van der Waals surface area contributed by atoms with Gasteiger partial charge in [0.2, 0.25) is 5.91 Å². The number of piperazine rings is 1. The highest BCUT2D eigenvalue weighted by Gasteiger charge is 2.25. The number of carbonyl (C=O) groups is 1. The van der Waals surface area contributed by atoms with Crippen LogP contribution in [0.3, 0.4) is 0 Å². The van der Waals surface area contributed by atoms with Gasteiger partial charge in [-0.2, -0.15) is 0 Å². The third-order valence-electron chi connectivity index (χ3n) is 4.06. The zero-order chi connectivity index (χ0) is 17.5. The number of hydrogen-bond acceptors (Lipinski definition) is 6. The average Bonchev–Trinajstić information content (AvgIpc) is 2.65. The topological polar surface area (TPSA) is 65.0 Å². The molecule has 1 heterocycles. The normalized spacial score (nSPS) is 15.9. The van der Waals surface area contributed by atoms with Gasteiger partial charge in [0.15, 0.2) is 0 Å².